The lowest BCUT2D eigenvalue weighted by atomic mass is 10.0. The highest BCUT2D eigenvalue weighted by atomic mass is 32.1. The van der Waals surface area contributed by atoms with E-state index in [9.17, 15) is 0 Å². The summed E-state index contributed by atoms with van der Waals surface area (Å²) in [6, 6.07) is 7.81. The van der Waals surface area contributed by atoms with Gasteiger partial charge in [-0.15, -0.1) is 0 Å². The van der Waals surface area contributed by atoms with Crippen molar-refractivity contribution in [1.82, 2.24) is 0 Å². The molecule has 0 atom stereocenters. The first kappa shape index (κ1) is 14.1. The molecule has 0 spiro atoms. The Morgan fingerprint density at radius 1 is 1.26 bits per heavy atom. The van der Waals surface area contributed by atoms with Crippen LogP contribution in [0, 0.1) is 5.41 Å². The highest BCUT2D eigenvalue weighted by Crippen LogP contribution is 2.49. The Hall–Kier alpha value is -1.29. The average Bonchev–Trinajstić information content (AvgIpc) is 3.14. The van der Waals surface area contributed by atoms with Crippen molar-refractivity contribution in [1.29, 1.82) is 0 Å². The van der Waals surface area contributed by atoms with Crippen molar-refractivity contribution >= 4 is 17.2 Å². The minimum atomic E-state index is 0.170. The standard InChI is InChI=1S/C15H21NO2S/c1-2-9-17-12-5-3-4-6-13(12)18-11-15(7-8-15)10-14(16)19/h3-6H,2,7-11H2,1H3,(H2,16,19). The van der Waals surface area contributed by atoms with Crippen LogP contribution >= 0.6 is 12.2 Å². The Morgan fingerprint density at radius 2 is 1.89 bits per heavy atom. The SMILES string of the molecule is CCCOc1ccccc1OCC1(CC(N)=S)CC1. The maximum Gasteiger partial charge on any atom is 0.161 e. The zero-order valence-electron chi connectivity index (χ0n) is 11.4. The monoisotopic (exact) mass is 279 g/mol. The molecule has 1 aromatic rings. The number of para-hydroxylation sites is 2. The molecule has 2 N–H and O–H groups in total. The second kappa shape index (κ2) is 6.24. The van der Waals surface area contributed by atoms with Crippen LogP contribution in [0.15, 0.2) is 24.3 Å². The Labute approximate surface area is 120 Å². The molecule has 0 bridgehead atoms. The number of hydrogen-bond acceptors (Lipinski definition) is 3. The fourth-order valence-corrected chi connectivity index (χ4v) is 2.36. The van der Waals surface area contributed by atoms with Gasteiger partial charge in [-0.25, -0.2) is 0 Å². The fourth-order valence-electron chi connectivity index (χ4n) is 2.05. The van der Waals surface area contributed by atoms with Crippen LogP contribution in [0.2, 0.25) is 0 Å². The summed E-state index contributed by atoms with van der Waals surface area (Å²) in [5, 5.41) is 0. The third kappa shape index (κ3) is 4.10. The van der Waals surface area contributed by atoms with Crippen molar-refractivity contribution in [3.05, 3.63) is 24.3 Å². The van der Waals surface area contributed by atoms with Gasteiger partial charge in [0.1, 0.15) is 0 Å². The fraction of sp³-hybridized carbons (Fsp3) is 0.533. The van der Waals surface area contributed by atoms with E-state index < -0.39 is 0 Å². The summed E-state index contributed by atoms with van der Waals surface area (Å²) < 4.78 is 11.6. The molecule has 0 aliphatic heterocycles. The number of nitrogens with two attached hydrogens (primary N) is 1. The molecule has 1 aliphatic rings. The van der Waals surface area contributed by atoms with E-state index in [4.69, 9.17) is 27.4 Å². The van der Waals surface area contributed by atoms with Crippen LogP contribution in [0.3, 0.4) is 0 Å². The lowest BCUT2D eigenvalue weighted by Gasteiger charge is -2.17. The van der Waals surface area contributed by atoms with Gasteiger partial charge in [0.2, 0.25) is 0 Å². The molecular weight excluding hydrogens is 258 g/mol. The molecule has 1 saturated carbocycles. The summed E-state index contributed by atoms with van der Waals surface area (Å²) in [6.45, 7) is 3.46. The largest absolute Gasteiger partial charge is 0.490 e. The molecule has 0 radical (unpaired) electrons. The summed E-state index contributed by atoms with van der Waals surface area (Å²) in [7, 11) is 0. The minimum Gasteiger partial charge on any atom is -0.490 e. The molecular formula is C15H21NO2S. The molecule has 19 heavy (non-hydrogen) atoms. The van der Waals surface area contributed by atoms with Crippen LogP contribution in [0.1, 0.15) is 32.6 Å². The van der Waals surface area contributed by atoms with Crippen molar-refractivity contribution in [2.75, 3.05) is 13.2 Å². The first-order valence-electron chi connectivity index (χ1n) is 6.78. The first-order valence-corrected chi connectivity index (χ1v) is 7.19. The minimum absolute atomic E-state index is 0.170. The quantitative estimate of drug-likeness (QED) is 0.741. The zero-order chi connectivity index (χ0) is 13.7. The number of rotatable bonds is 8. The van der Waals surface area contributed by atoms with Gasteiger partial charge in [-0.3, -0.25) is 0 Å². The summed E-state index contributed by atoms with van der Waals surface area (Å²) in [4.78, 5) is 0.580. The van der Waals surface area contributed by atoms with Crippen molar-refractivity contribution in [2.45, 2.75) is 32.6 Å². The van der Waals surface area contributed by atoms with Crippen LogP contribution in [-0.2, 0) is 0 Å². The van der Waals surface area contributed by atoms with Crippen LogP contribution in [-0.4, -0.2) is 18.2 Å². The van der Waals surface area contributed by atoms with Gasteiger partial charge in [0.05, 0.1) is 18.2 Å². The van der Waals surface area contributed by atoms with E-state index in [-0.39, 0.29) is 5.41 Å². The van der Waals surface area contributed by atoms with E-state index in [1.807, 2.05) is 24.3 Å². The van der Waals surface area contributed by atoms with Crippen LogP contribution < -0.4 is 15.2 Å². The van der Waals surface area contributed by atoms with Crippen LogP contribution in [0.4, 0.5) is 0 Å². The Balaban J connectivity index is 1.94. The molecule has 0 heterocycles. The van der Waals surface area contributed by atoms with Crippen LogP contribution in [0.25, 0.3) is 0 Å². The average molecular weight is 279 g/mol. The molecule has 104 valence electrons. The summed E-state index contributed by atoms with van der Waals surface area (Å²) in [6.07, 6.45) is 4.05. The molecule has 1 aliphatic carbocycles. The van der Waals surface area contributed by atoms with Gasteiger partial charge in [-0.05, 0) is 31.4 Å². The molecule has 1 aromatic carbocycles. The summed E-state index contributed by atoms with van der Waals surface area (Å²) in [5.41, 5.74) is 5.80. The maximum atomic E-state index is 5.92. The number of benzene rings is 1. The summed E-state index contributed by atoms with van der Waals surface area (Å²) >= 11 is 5.00. The first-order chi connectivity index (χ1) is 9.15. The second-order valence-corrected chi connectivity index (χ2v) is 5.75. The van der Waals surface area contributed by atoms with Gasteiger partial charge < -0.3 is 15.2 Å². The van der Waals surface area contributed by atoms with E-state index in [2.05, 4.69) is 6.92 Å². The van der Waals surface area contributed by atoms with Crippen molar-refractivity contribution in [3.63, 3.8) is 0 Å². The number of hydrogen-bond donors (Lipinski definition) is 1. The second-order valence-electron chi connectivity index (χ2n) is 5.23. The smallest absolute Gasteiger partial charge is 0.161 e. The molecule has 0 saturated heterocycles. The van der Waals surface area contributed by atoms with Gasteiger partial charge >= 0.3 is 0 Å². The Kier molecular flexibility index (Phi) is 4.64. The van der Waals surface area contributed by atoms with E-state index in [0.717, 1.165) is 37.2 Å². The van der Waals surface area contributed by atoms with Gasteiger partial charge in [-0.1, -0.05) is 31.3 Å². The van der Waals surface area contributed by atoms with E-state index in [1.165, 1.54) is 0 Å². The van der Waals surface area contributed by atoms with Crippen molar-refractivity contribution < 1.29 is 9.47 Å². The lowest BCUT2D eigenvalue weighted by molar-refractivity contribution is 0.221. The molecule has 0 amide bonds. The molecule has 4 heteroatoms. The van der Waals surface area contributed by atoms with Crippen LogP contribution in [0.5, 0.6) is 11.5 Å². The van der Waals surface area contributed by atoms with Gasteiger partial charge in [0.25, 0.3) is 0 Å². The Bertz CT molecular complexity index is 444. The van der Waals surface area contributed by atoms with E-state index in [1.54, 1.807) is 0 Å². The summed E-state index contributed by atoms with van der Waals surface area (Å²) in [5.74, 6) is 1.63. The molecule has 0 aromatic heterocycles. The Morgan fingerprint density at radius 3 is 2.42 bits per heavy atom. The predicted molar refractivity (Wildman–Crippen MR) is 80.8 cm³/mol. The molecule has 2 rings (SSSR count). The molecule has 1 fully saturated rings. The van der Waals surface area contributed by atoms with Gasteiger partial charge in [-0.2, -0.15) is 0 Å². The highest BCUT2D eigenvalue weighted by molar-refractivity contribution is 7.80. The van der Waals surface area contributed by atoms with Gasteiger partial charge in [0.15, 0.2) is 11.5 Å². The number of ether oxygens (including phenoxy) is 2. The van der Waals surface area contributed by atoms with Crippen molar-refractivity contribution in [2.24, 2.45) is 11.1 Å². The van der Waals surface area contributed by atoms with E-state index >= 15 is 0 Å². The third-order valence-corrected chi connectivity index (χ3v) is 3.50. The molecule has 0 unspecified atom stereocenters. The maximum absolute atomic E-state index is 5.92. The normalized spacial score (nSPS) is 15.8. The number of thiocarbonyl (C=S) groups is 1. The van der Waals surface area contributed by atoms with Gasteiger partial charge in [0, 0.05) is 11.8 Å². The van der Waals surface area contributed by atoms with Crippen molar-refractivity contribution in [3.8, 4) is 11.5 Å². The van der Waals surface area contributed by atoms with E-state index in [0.29, 0.717) is 18.2 Å². The molecule has 3 nitrogen and oxygen atoms in total. The lowest BCUT2D eigenvalue weighted by Crippen LogP contribution is -2.21. The third-order valence-electron chi connectivity index (χ3n) is 3.35. The predicted octanol–water partition coefficient (Wildman–Crippen LogP) is 3.31. The zero-order valence-corrected chi connectivity index (χ0v) is 12.2. The topological polar surface area (TPSA) is 44.5 Å². The highest BCUT2D eigenvalue weighted by Gasteiger charge is 2.44.